The lowest BCUT2D eigenvalue weighted by Crippen LogP contribution is -2.45. The summed E-state index contributed by atoms with van der Waals surface area (Å²) in [5.41, 5.74) is 2.49. The molecular weight excluding hydrogens is 314 g/mol. The molecule has 3 heterocycles. The van der Waals surface area contributed by atoms with Crippen molar-refractivity contribution in [1.82, 2.24) is 24.6 Å². The fourth-order valence-corrected chi connectivity index (χ4v) is 3.35. The third-order valence-electron chi connectivity index (χ3n) is 4.65. The van der Waals surface area contributed by atoms with Crippen LogP contribution in [0.5, 0.6) is 0 Å². The Labute approximate surface area is 149 Å². The Morgan fingerprint density at radius 2 is 2.04 bits per heavy atom. The molecule has 0 radical (unpaired) electrons. The van der Waals surface area contributed by atoms with Gasteiger partial charge in [0.1, 0.15) is 0 Å². The van der Waals surface area contributed by atoms with Crippen molar-refractivity contribution in [3.05, 3.63) is 30.5 Å². The molecule has 1 aliphatic heterocycles. The summed E-state index contributed by atoms with van der Waals surface area (Å²) in [6, 6.07) is 0. The number of rotatable bonds is 3. The summed E-state index contributed by atoms with van der Waals surface area (Å²) in [7, 11) is 1.89. The number of piperidine rings is 1. The quantitative estimate of drug-likeness (QED) is 0.861. The fourth-order valence-electron chi connectivity index (χ4n) is 3.35. The molecule has 25 heavy (non-hydrogen) atoms. The highest BCUT2D eigenvalue weighted by Crippen LogP contribution is 2.25. The van der Waals surface area contributed by atoms with E-state index in [1.165, 1.54) is 0 Å². The predicted molar refractivity (Wildman–Crippen MR) is 96.7 cm³/mol. The zero-order chi connectivity index (χ0) is 18.0. The van der Waals surface area contributed by atoms with Crippen molar-refractivity contribution >= 4 is 5.91 Å². The maximum Gasteiger partial charge on any atom is 0.227 e. The minimum atomic E-state index is -0.312. The van der Waals surface area contributed by atoms with Crippen molar-refractivity contribution < 1.29 is 4.79 Å². The van der Waals surface area contributed by atoms with Gasteiger partial charge in [-0.1, -0.05) is 20.8 Å². The second-order valence-electron chi connectivity index (χ2n) is 8.01. The summed E-state index contributed by atoms with van der Waals surface area (Å²) in [5.74, 6) is 0.703. The van der Waals surface area contributed by atoms with E-state index in [1.807, 2.05) is 51.3 Å². The van der Waals surface area contributed by atoms with Crippen molar-refractivity contribution in [3.63, 3.8) is 0 Å². The molecule has 1 atom stereocenters. The molecule has 1 fully saturated rings. The third kappa shape index (κ3) is 4.24. The van der Waals surface area contributed by atoms with Crippen LogP contribution < -0.4 is 0 Å². The molecular formula is C19H27N5O. The van der Waals surface area contributed by atoms with E-state index in [2.05, 4.69) is 15.1 Å². The Morgan fingerprint density at radius 3 is 2.64 bits per heavy atom. The molecule has 2 aromatic rings. The van der Waals surface area contributed by atoms with Gasteiger partial charge in [0, 0.05) is 43.5 Å². The Morgan fingerprint density at radius 1 is 1.24 bits per heavy atom. The summed E-state index contributed by atoms with van der Waals surface area (Å²) in [6.45, 7) is 7.66. The van der Waals surface area contributed by atoms with Gasteiger partial charge in [0.05, 0.1) is 23.8 Å². The minimum Gasteiger partial charge on any atom is -0.342 e. The normalized spacial score (nSPS) is 18.4. The summed E-state index contributed by atoms with van der Waals surface area (Å²) in [4.78, 5) is 23.6. The van der Waals surface area contributed by atoms with E-state index in [0.29, 0.717) is 5.92 Å². The van der Waals surface area contributed by atoms with Gasteiger partial charge in [0.2, 0.25) is 5.91 Å². The minimum absolute atomic E-state index is 0.246. The molecule has 6 heteroatoms. The molecule has 3 rings (SSSR count). The Kier molecular flexibility index (Phi) is 4.88. The van der Waals surface area contributed by atoms with Gasteiger partial charge in [-0.25, -0.2) is 0 Å². The molecule has 1 aliphatic rings. The summed E-state index contributed by atoms with van der Waals surface area (Å²) in [5, 5.41) is 4.17. The van der Waals surface area contributed by atoms with Gasteiger partial charge in [-0.2, -0.15) is 5.10 Å². The highest BCUT2D eigenvalue weighted by atomic mass is 16.2. The monoisotopic (exact) mass is 341 g/mol. The third-order valence-corrected chi connectivity index (χ3v) is 4.65. The first-order valence-corrected chi connectivity index (χ1v) is 8.92. The van der Waals surface area contributed by atoms with Crippen LogP contribution in [0.3, 0.4) is 0 Å². The molecule has 0 spiro atoms. The average Bonchev–Trinajstić information content (AvgIpc) is 3.01. The number of hydrogen-bond acceptors (Lipinski definition) is 4. The van der Waals surface area contributed by atoms with E-state index in [1.54, 1.807) is 10.9 Å². The first-order valence-electron chi connectivity index (χ1n) is 8.92. The van der Waals surface area contributed by atoms with Gasteiger partial charge in [-0.3, -0.25) is 19.4 Å². The van der Waals surface area contributed by atoms with Crippen LogP contribution in [0.1, 0.15) is 39.3 Å². The molecule has 0 aromatic carbocycles. The Hall–Kier alpha value is -2.24. The van der Waals surface area contributed by atoms with Crippen molar-refractivity contribution in [2.75, 3.05) is 13.1 Å². The summed E-state index contributed by atoms with van der Waals surface area (Å²) < 4.78 is 1.76. The number of aromatic nitrogens is 4. The lowest BCUT2D eigenvalue weighted by Gasteiger charge is -2.36. The van der Waals surface area contributed by atoms with Crippen LogP contribution in [0, 0.1) is 11.3 Å². The number of nitrogens with zero attached hydrogens (tertiary/aromatic N) is 5. The zero-order valence-electron chi connectivity index (χ0n) is 15.6. The molecule has 0 N–H and O–H groups in total. The highest BCUT2D eigenvalue weighted by molar-refractivity contribution is 5.81. The smallest absolute Gasteiger partial charge is 0.227 e. The second-order valence-corrected chi connectivity index (χ2v) is 8.01. The first-order chi connectivity index (χ1) is 11.8. The average molecular weight is 341 g/mol. The lowest BCUT2D eigenvalue weighted by atomic mass is 9.89. The van der Waals surface area contributed by atoms with Gasteiger partial charge >= 0.3 is 0 Å². The van der Waals surface area contributed by atoms with Crippen molar-refractivity contribution in [2.24, 2.45) is 18.4 Å². The van der Waals surface area contributed by atoms with Crippen LogP contribution in [-0.4, -0.2) is 43.6 Å². The largest absolute Gasteiger partial charge is 0.342 e. The molecule has 1 saturated heterocycles. The number of aryl methyl sites for hydroxylation is 1. The van der Waals surface area contributed by atoms with Crippen molar-refractivity contribution in [3.8, 4) is 11.3 Å². The standard InChI is InChI=1S/C19H27N5O/c1-19(2,3)18(25)24-7-5-6-14(12-24)8-16-10-21-17(11-20-16)15-9-22-23(4)13-15/h9-11,13-14H,5-8,12H2,1-4H3/t14-/m1/s1. The lowest BCUT2D eigenvalue weighted by molar-refractivity contribution is -0.141. The summed E-state index contributed by atoms with van der Waals surface area (Å²) >= 11 is 0. The maximum absolute atomic E-state index is 12.5. The van der Waals surface area contributed by atoms with Crippen LogP contribution >= 0.6 is 0 Å². The number of carbonyl (C=O) groups excluding carboxylic acids is 1. The van der Waals surface area contributed by atoms with E-state index in [9.17, 15) is 4.79 Å². The molecule has 0 bridgehead atoms. The fraction of sp³-hybridized carbons (Fsp3) is 0.579. The van der Waals surface area contributed by atoms with Crippen LogP contribution in [0.4, 0.5) is 0 Å². The molecule has 0 saturated carbocycles. The second kappa shape index (κ2) is 6.94. The van der Waals surface area contributed by atoms with E-state index in [0.717, 1.165) is 49.3 Å². The van der Waals surface area contributed by atoms with E-state index in [4.69, 9.17) is 0 Å². The molecule has 1 amide bonds. The van der Waals surface area contributed by atoms with Crippen molar-refractivity contribution in [1.29, 1.82) is 0 Å². The number of hydrogen-bond donors (Lipinski definition) is 0. The first kappa shape index (κ1) is 17.6. The van der Waals surface area contributed by atoms with Gasteiger partial charge in [0.25, 0.3) is 0 Å². The molecule has 0 aliphatic carbocycles. The Bertz CT molecular complexity index is 729. The molecule has 2 aromatic heterocycles. The van der Waals surface area contributed by atoms with E-state index >= 15 is 0 Å². The topological polar surface area (TPSA) is 63.9 Å². The van der Waals surface area contributed by atoms with Gasteiger partial charge in [-0.05, 0) is 25.2 Å². The van der Waals surface area contributed by atoms with Crippen LogP contribution in [0.15, 0.2) is 24.8 Å². The molecule has 6 nitrogen and oxygen atoms in total. The molecule has 134 valence electrons. The predicted octanol–water partition coefficient (Wildman–Crippen LogP) is 2.70. The van der Waals surface area contributed by atoms with E-state index in [-0.39, 0.29) is 11.3 Å². The SMILES string of the molecule is Cn1cc(-c2cnc(C[C@H]3CCCN(C(=O)C(C)(C)C)C3)cn2)cn1. The maximum atomic E-state index is 12.5. The van der Waals surface area contributed by atoms with Crippen molar-refractivity contribution in [2.45, 2.75) is 40.0 Å². The Balaban J connectivity index is 1.63. The van der Waals surface area contributed by atoms with Crippen LogP contribution in [0.2, 0.25) is 0 Å². The summed E-state index contributed by atoms with van der Waals surface area (Å²) in [6.07, 6.45) is 10.5. The number of likely N-dealkylation sites (tertiary alicyclic amines) is 1. The van der Waals surface area contributed by atoms with Gasteiger partial charge in [-0.15, -0.1) is 0 Å². The van der Waals surface area contributed by atoms with Gasteiger partial charge < -0.3 is 4.90 Å². The van der Waals surface area contributed by atoms with Crippen LogP contribution in [0.25, 0.3) is 11.3 Å². The van der Waals surface area contributed by atoms with E-state index < -0.39 is 0 Å². The zero-order valence-corrected chi connectivity index (χ0v) is 15.6. The number of amides is 1. The molecule has 0 unspecified atom stereocenters. The van der Waals surface area contributed by atoms with Crippen LogP contribution in [-0.2, 0) is 18.3 Å². The highest BCUT2D eigenvalue weighted by Gasteiger charge is 2.31. The number of carbonyl (C=O) groups is 1. The van der Waals surface area contributed by atoms with Gasteiger partial charge in [0.15, 0.2) is 0 Å².